The first-order valence-electron chi connectivity index (χ1n) is 6.60. The van der Waals surface area contributed by atoms with Gasteiger partial charge in [0.15, 0.2) is 0 Å². The highest BCUT2D eigenvalue weighted by Crippen LogP contribution is 2.40. The summed E-state index contributed by atoms with van der Waals surface area (Å²) in [7, 11) is 0. The van der Waals surface area contributed by atoms with Gasteiger partial charge in [0, 0.05) is 17.8 Å². The minimum absolute atomic E-state index is 0.552. The van der Waals surface area contributed by atoms with E-state index in [4.69, 9.17) is 16.6 Å². The monoisotopic (exact) mass is 263 g/mol. The Bertz CT molecular complexity index is 597. The van der Waals surface area contributed by atoms with E-state index in [1.807, 2.05) is 13.0 Å². The average Bonchev–Trinajstić information content (AvgIpc) is 3.02. The van der Waals surface area contributed by atoms with Gasteiger partial charge in [-0.3, -0.25) is 0 Å². The molecule has 4 heteroatoms. The number of aromatic nitrogens is 3. The molecule has 0 bridgehead atoms. The van der Waals surface area contributed by atoms with Gasteiger partial charge in [-0.25, -0.2) is 9.97 Å². The maximum Gasteiger partial charge on any atom is 0.145 e. The van der Waals surface area contributed by atoms with Crippen molar-refractivity contribution in [1.82, 2.24) is 14.5 Å². The summed E-state index contributed by atoms with van der Waals surface area (Å²) in [4.78, 5) is 9.32. The minimum atomic E-state index is 0.552. The van der Waals surface area contributed by atoms with Gasteiger partial charge in [-0.2, -0.15) is 0 Å². The molecule has 1 saturated carbocycles. The molecule has 3 rings (SSSR count). The molecule has 1 aliphatic carbocycles. The summed E-state index contributed by atoms with van der Waals surface area (Å²) < 4.78 is 2.18. The molecule has 0 spiro atoms. The number of halogens is 1. The van der Waals surface area contributed by atoms with Gasteiger partial charge in [0.05, 0.1) is 5.69 Å². The van der Waals surface area contributed by atoms with E-state index in [0.29, 0.717) is 12.0 Å². The molecule has 0 saturated heterocycles. The third-order valence-electron chi connectivity index (χ3n) is 3.39. The van der Waals surface area contributed by atoms with Crippen molar-refractivity contribution in [3.05, 3.63) is 22.7 Å². The second-order valence-corrected chi connectivity index (χ2v) is 6.02. The van der Waals surface area contributed by atoms with Crippen LogP contribution in [0.25, 0.3) is 11.0 Å². The van der Waals surface area contributed by atoms with E-state index < -0.39 is 0 Å². The summed E-state index contributed by atoms with van der Waals surface area (Å²) in [6, 6.07) is 2.56. The lowest BCUT2D eigenvalue weighted by atomic mass is 10.1. The van der Waals surface area contributed by atoms with E-state index in [1.165, 1.54) is 12.8 Å². The van der Waals surface area contributed by atoms with Crippen LogP contribution < -0.4 is 0 Å². The number of fused-ring (bicyclic) bond motifs is 1. The SMILES string of the molecule is Cc1nc(CC(C)C)nc2c1cc(Cl)n2C1CC1. The molecule has 0 N–H and O–H groups in total. The van der Waals surface area contributed by atoms with E-state index >= 15 is 0 Å². The van der Waals surface area contributed by atoms with Gasteiger partial charge in [0.25, 0.3) is 0 Å². The Labute approximate surface area is 112 Å². The zero-order chi connectivity index (χ0) is 12.9. The number of hydrogen-bond donors (Lipinski definition) is 0. The van der Waals surface area contributed by atoms with Crippen LogP contribution in [0.1, 0.15) is 44.2 Å². The summed E-state index contributed by atoms with van der Waals surface area (Å²) in [6.07, 6.45) is 3.35. The van der Waals surface area contributed by atoms with Crippen molar-refractivity contribution in [3.8, 4) is 0 Å². The predicted molar refractivity (Wildman–Crippen MR) is 74.1 cm³/mol. The van der Waals surface area contributed by atoms with Crippen LogP contribution in [0, 0.1) is 12.8 Å². The van der Waals surface area contributed by atoms with Crippen LogP contribution in [0.5, 0.6) is 0 Å². The van der Waals surface area contributed by atoms with Crippen molar-refractivity contribution < 1.29 is 0 Å². The fourth-order valence-electron chi connectivity index (χ4n) is 2.40. The molecule has 2 aromatic heterocycles. The standard InChI is InChI=1S/C14H18ClN3/c1-8(2)6-13-16-9(3)11-7-12(15)18(10-4-5-10)14(11)17-13/h7-8,10H,4-6H2,1-3H3. The third kappa shape index (κ3) is 2.01. The Morgan fingerprint density at radius 3 is 2.72 bits per heavy atom. The molecule has 1 fully saturated rings. The lowest BCUT2D eigenvalue weighted by molar-refractivity contribution is 0.619. The normalized spacial score (nSPS) is 15.8. The van der Waals surface area contributed by atoms with Crippen molar-refractivity contribution in [2.75, 3.05) is 0 Å². The van der Waals surface area contributed by atoms with Crippen molar-refractivity contribution in [3.63, 3.8) is 0 Å². The molecule has 2 aromatic rings. The van der Waals surface area contributed by atoms with E-state index in [2.05, 4.69) is 23.4 Å². The first-order chi connectivity index (χ1) is 8.56. The van der Waals surface area contributed by atoms with E-state index in [-0.39, 0.29) is 0 Å². The summed E-state index contributed by atoms with van der Waals surface area (Å²) in [5, 5.41) is 1.89. The van der Waals surface area contributed by atoms with E-state index in [9.17, 15) is 0 Å². The Hall–Kier alpha value is -1.09. The van der Waals surface area contributed by atoms with Crippen LogP contribution in [0.3, 0.4) is 0 Å². The lowest BCUT2D eigenvalue weighted by Gasteiger charge is -2.08. The molecular weight excluding hydrogens is 246 g/mol. The second-order valence-electron chi connectivity index (χ2n) is 5.63. The van der Waals surface area contributed by atoms with Gasteiger partial charge in [-0.15, -0.1) is 0 Å². The molecule has 1 aliphatic rings. The minimum Gasteiger partial charge on any atom is -0.313 e. The molecule has 0 aromatic carbocycles. The topological polar surface area (TPSA) is 30.7 Å². The molecule has 0 amide bonds. The molecule has 2 heterocycles. The van der Waals surface area contributed by atoms with Crippen LogP contribution in [0.15, 0.2) is 6.07 Å². The van der Waals surface area contributed by atoms with Crippen molar-refractivity contribution in [2.24, 2.45) is 5.92 Å². The second kappa shape index (κ2) is 4.23. The molecule has 96 valence electrons. The first-order valence-corrected chi connectivity index (χ1v) is 6.98. The summed E-state index contributed by atoms with van der Waals surface area (Å²) in [5.41, 5.74) is 2.06. The van der Waals surface area contributed by atoms with Crippen molar-refractivity contribution in [1.29, 1.82) is 0 Å². The van der Waals surface area contributed by atoms with Crippen LogP contribution in [0.2, 0.25) is 5.15 Å². The summed E-state index contributed by atoms with van der Waals surface area (Å²) >= 11 is 6.33. The smallest absolute Gasteiger partial charge is 0.145 e. The van der Waals surface area contributed by atoms with Gasteiger partial charge >= 0.3 is 0 Å². The van der Waals surface area contributed by atoms with Crippen molar-refractivity contribution >= 4 is 22.6 Å². The molecule has 0 unspecified atom stereocenters. The number of aryl methyl sites for hydroxylation is 1. The predicted octanol–water partition coefficient (Wildman–Crippen LogP) is 3.93. The van der Waals surface area contributed by atoms with Crippen LogP contribution in [-0.4, -0.2) is 14.5 Å². The van der Waals surface area contributed by atoms with E-state index in [0.717, 1.165) is 34.1 Å². The highest BCUT2D eigenvalue weighted by atomic mass is 35.5. The maximum absolute atomic E-state index is 6.33. The Balaban J connectivity index is 2.17. The summed E-state index contributed by atoms with van der Waals surface area (Å²) in [5.74, 6) is 1.51. The Morgan fingerprint density at radius 2 is 2.11 bits per heavy atom. The van der Waals surface area contributed by atoms with Gasteiger partial charge < -0.3 is 4.57 Å². The van der Waals surface area contributed by atoms with Crippen molar-refractivity contribution in [2.45, 2.75) is 46.1 Å². The quantitative estimate of drug-likeness (QED) is 0.840. The largest absolute Gasteiger partial charge is 0.313 e. The van der Waals surface area contributed by atoms with Gasteiger partial charge in [-0.05, 0) is 31.7 Å². The highest BCUT2D eigenvalue weighted by molar-refractivity contribution is 6.31. The van der Waals surface area contributed by atoms with Gasteiger partial charge in [-0.1, -0.05) is 25.4 Å². The molecule has 0 atom stereocenters. The van der Waals surface area contributed by atoms with Gasteiger partial charge in [0.1, 0.15) is 16.6 Å². The van der Waals surface area contributed by atoms with Gasteiger partial charge in [0.2, 0.25) is 0 Å². The third-order valence-corrected chi connectivity index (χ3v) is 3.68. The number of hydrogen-bond acceptors (Lipinski definition) is 2. The van der Waals surface area contributed by atoms with Crippen LogP contribution >= 0.6 is 11.6 Å². The number of rotatable bonds is 3. The molecule has 0 aliphatic heterocycles. The lowest BCUT2D eigenvalue weighted by Crippen LogP contribution is -2.04. The van der Waals surface area contributed by atoms with Crippen LogP contribution in [0.4, 0.5) is 0 Å². The Morgan fingerprint density at radius 1 is 1.39 bits per heavy atom. The molecule has 18 heavy (non-hydrogen) atoms. The molecular formula is C14H18ClN3. The first kappa shape index (κ1) is 12.0. The van der Waals surface area contributed by atoms with Crippen LogP contribution in [-0.2, 0) is 6.42 Å². The van der Waals surface area contributed by atoms with E-state index in [1.54, 1.807) is 0 Å². The zero-order valence-electron chi connectivity index (χ0n) is 11.1. The molecule has 3 nitrogen and oxygen atoms in total. The average molecular weight is 264 g/mol. The fourth-order valence-corrected chi connectivity index (χ4v) is 2.73. The molecule has 0 radical (unpaired) electrons. The summed E-state index contributed by atoms with van der Waals surface area (Å²) in [6.45, 7) is 6.42. The number of nitrogens with zero attached hydrogens (tertiary/aromatic N) is 3. The highest BCUT2D eigenvalue weighted by Gasteiger charge is 2.28. The zero-order valence-corrected chi connectivity index (χ0v) is 11.8. The maximum atomic E-state index is 6.33. The Kier molecular flexibility index (Phi) is 2.81. The fraction of sp³-hybridized carbons (Fsp3) is 0.571.